The Kier molecular flexibility index (Phi) is 4.71. The summed E-state index contributed by atoms with van der Waals surface area (Å²) in [5.41, 5.74) is 0.975. The summed E-state index contributed by atoms with van der Waals surface area (Å²) in [7, 11) is 1.52. The van der Waals surface area contributed by atoms with Crippen molar-refractivity contribution in [2.75, 3.05) is 13.7 Å². The van der Waals surface area contributed by atoms with Crippen LogP contribution in [-0.4, -0.2) is 19.7 Å². The molecule has 0 bridgehead atoms. The predicted octanol–water partition coefficient (Wildman–Crippen LogP) is 2.71. The Morgan fingerprint density at radius 3 is 3.07 bits per heavy atom. The first-order valence-electron chi connectivity index (χ1n) is 4.49. The number of rotatable bonds is 3. The van der Waals surface area contributed by atoms with E-state index in [0.29, 0.717) is 5.02 Å². The molecule has 80 valence electrons. The fourth-order valence-corrected chi connectivity index (χ4v) is 1.19. The van der Waals surface area contributed by atoms with Gasteiger partial charge in [0, 0.05) is 12.1 Å². The highest BCUT2D eigenvalue weighted by atomic mass is 35.5. The molecular formula is C11H12ClNO2. The molecule has 0 unspecified atom stereocenters. The number of carbonyl (C=O) groups is 1. The zero-order valence-electron chi connectivity index (χ0n) is 8.37. The van der Waals surface area contributed by atoms with Gasteiger partial charge in [-0.1, -0.05) is 29.8 Å². The summed E-state index contributed by atoms with van der Waals surface area (Å²) in [6.07, 6.45) is 3.15. The average molecular weight is 226 g/mol. The van der Waals surface area contributed by atoms with Crippen molar-refractivity contribution in [2.45, 2.75) is 0 Å². The van der Waals surface area contributed by atoms with E-state index < -0.39 is 6.09 Å². The number of alkyl carbamates (subject to hydrolysis) is 1. The zero-order valence-corrected chi connectivity index (χ0v) is 9.12. The van der Waals surface area contributed by atoms with Gasteiger partial charge in [0.15, 0.2) is 0 Å². The van der Waals surface area contributed by atoms with Crippen molar-refractivity contribution < 1.29 is 9.53 Å². The summed E-state index contributed by atoms with van der Waals surface area (Å²) in [5, 5.41) is 3.04. The second-order valence-electron chi connectivity index (χ2n) is 2.81. The van der Waals surface area contributed by atoms with E-state index in [1.165, 1.54) is 7.05 Å². The van der Waals surface area contributed by atoms with Gasteiger partial charge in [-0.25, -0.2) is 4.79 Å². The Hall–Kier alpha value is -1.48. The monoisotopic (exact) mass is 225 g/mol. The molecule has 0 radical (unpaired) electrons. The van der Waals surface area contributed by atoms with Crippen LogP contribution in [0.5, 0.6) is 0 Å². The number of ether oxygens (including phenoxy) is 1. The van der Waals surface area contributed by atoms with Gasteiger partial charge in [-0.3, -0.25) is 0 Å². The van der Waals surface area contributed by atoms with Crippen molar-refractivity contribution in [1.29, 1.82) is 0 Å². The molecule has 1 aromatic carbocycles. The number of amides is 1. The van der Waals surface area contributed by atoms with Crippen LogP contribution in [0.2, 0.25) is 5.02 Å². The molecule has 3 nitrogen and oxygen atoms in total. The van der Waals surface area contributed by atoms with Crippen LogP contribution in [0.3, 0.4) is 0 Å². The Balaban J connectivity index is 2.41. The van der Waals surface area contributed by atoms with Crippen molar-refractivity contribution in [3.63, 3.8) is 0 Å². The zero-order chi connectivity index (χ0) is 11.1. The first-order valence-corrected chi connectivity index (χ1v) is 4.87. The van der Waals surface area contributed by atoms with E-state index >= 15 is 0 Å². The van der Waals surface area contributed by atoms with Gasteiger partial charge in [0.25, 0.3) is 0 Å². The third-order valence-electron chi connectivity index (χ3n) is 1.67. The Labute approximate surface area is 93.7 Å². The van der Waals surface area contributed by atoms with Gasteiger partial charge in [0.1, 0.15) is 6.61 Å². The van der Waals surface area contributed by atoms with Crippen LogP contribution in [-0.2, 0) is 4.74 Å². The third-order valence-corrected chi connectivity index (χ3v) is 1.91. The summed E-state index contributed by atoms with van der Waals surface area (Å²) in [5.74, 6) is 0. The van der Waals surface area contributed by atoms with Crippen molar-refractivity contribution >= 4 is 23.8 Å². The standard InChI is InChI=1S/C11H12ClNO2/c1-13-11(14)15-7-3-5-9-4-2-6-10(12)8-9/h2-6,8H,7H2,1H3,(H,13,14)/b5-3+. The first-order chi connectivity index (χ1) is 7.22. The predicted molar refractivity (Wildman–Crippen MR) is 60.9 cm³/mol. The fourth-order valence-electron chi connectivity index (χ4n) is 0.990. The number of hydrogen-bond donors (Lipinski definition) is 1. The number of benzene rings is 1. The number of nitrogens with one attached hydrogen (secondary N) is 1. The quantitative estimate of drug-likeness (QED) is 0.859. The summed E-state index contributed by atoms with van der Waals surface area (Å²) in [6, 6.07) is 7.42. The summed E-state index contributed by atoms with van der Waals surface area (Å²) < 4.78 is 4.77. The fraction of sp³-hybridized carbons (Fsp3) is 0.182. The van der Waals surface area contributed by atoms with Crippen LogP contribution in [0.25, 0.3) is 6.08 Å². The molecule has 15 heavy (non-hydrogen) atoms. The highest BCUT2D eigenvalue weighted by Gasteiger charge is 1.93. The van der Waals surface area contributed by atoms with Crippen LogP contribution in [0.4, 0.5) is 4.79 Å². The maximum atomic E-state index is 10.7. The van der Waals surface area contributed by atoms with E-state index in [-0.39, 0.29) is 6.61 Å². The Morgan fingerprint density at radius 1 is 1.60 bits per heavy atom. The molecule has 1 N–H and O–H groups in total. The Morgan fingerprint density at radius 2 is 2.40 bits per heavy atom. The van der Waals surface area contributed by atoms with Gasteiger partial charge in [0.05, 0.1) is 0 Å². The molecule has 0 aromatic heterocycles. The molecule has 1 rings (SSSR count). The third kappa shape index (κ3) is 4.51. The van der Waals surface area contributed by atoms with E-state index in [1.54, 1.807) is 12.1 Å². The highest BCUT2D eigenvalue weighted by Crippen LogP contribution is 2.11. The largest absolute Gasteiger partial charge is 0.445 e. The molecule has 0 heterocycles. The molecule has 0 saturated heterocycles. The lowest BCUT2D eigenvalue weighted by atomic mass is 10.2. The lowest BCUT2D eigenvalue weighted by Crippen LogP contribution is -2.18. The van der Waals surface area contributed by atoms with E-state index in [0.717, 1.165) is 5.56 Å². The second kappa shape index (κ2) is 6.09. The van der Waals surface area contributed by atoms with Crippen LogP contribution < -0.4 is 5.32 Å². The van der Waals surface area contributed by atoms with Crippen molar-refractivity contribution in [3.8, 4) is 0 Å². The molecule has 4 heteroatoms. The van der Waals surface area contributed by atoms with Crippen LogP contribution in [0, 0.1) is 0 Å². The summed E-state index contributed by atoms with van der Waals surface area (Å²) in [4.78, 5) is 10.7. The highest BCUT2D eigenvalue weighted by molar-refractivity contribution is 6.30. The molecule has 1 amide bonds. The molecule has 0 saturated carbocycles. The van der Waals surface area contributed by atoms with Gasteiger partial charge < -0.3 is 10.1 Å². The van der Waals surface area contributed by atoms with Crippen LogP contribution in [0.15, 0.2) is 30.3 Å². The molecule has 0 aliphatic carbocycles. The van der Waals surface area contributed by atoms with E-state index in [1.807, 2.05) is 24.3 Å². The maximum Gasteiger partial charge on any atom is 0.407 e. The van der Waals surface area contributed by atoms with Crippen molar-refractivity contribution in [1.82, 2.24) is 5.32 Å². The molecule has 1 aromatic rings. The minimum absolute atomic E-state index is 0.242. The van der Waals surface area contributed by atoms with Gasteiger partial charge in [-0.05, 0) is 23.8 Å². The molecule has 0 spiro atoms. The molecule has 0 aliphatic heterocycles. The SMILES string of the molecule is CNC(=O)OC/C=C/c1cccc(Cl)c1. The maximum absolute atomic E-state index is 10.7. The van der Waals surface area contributed by atoms with Crippen molar-refractivity contribution in [3.05, 3.63) is 40.9 Å². The van der Waals surface area contributed by atoms with Gasteiger partial charge in [-0.2, -0.15) is 0 Å². The molecule has 0 fully saturated rings. The van der Waals surface area contributed by atoms with Crippen LogP contribution >= 0.6 is 11.6 Å². The topological polar surface area (TPSA) is 38.3 Å². The van der Waals surface area contributed by atoms with Crippen LogP contribution in [0.1, 0.15) is 5.56 Å². The minimum atomic E-state index is -0.439. The minimum Gasteiger partial charge on any atom is -0.445 e. The van der Waals surface area contributed by atoms with E-state index in [2.05, 4.69) is 5.32 Å². The van der Waals surface area contributed by atoms with E-state index in [4.69, 9.17) is 16.3 Å². The first kappa shape index (κ1) is 11.6. The van der Waals surface area contributed by atoms with Gasteiger partial charge in [-0.15, -0.1) is 0 Å². The Bertz CT molecular complexity index is 363. The molecule has 0 atom stereocenters. The average Bonchev–Trinajstić information content (AvgIpc) is 2.24. The summed E-state index contributed by atoms with van der Waals surface area (Å²) in [6.45, 7) is 0.242. The van der Waals surface area contributed by atoms with E-state index in [9.17, 15) is 4.79 Å². The number of carbonyl (C=O) groups excluding carboxylic acids is 1. The molecular weight excluding hydrogens is 214 g/mol. The molecule has 0 aliphatic rings. The van der Waals surface area contributed by atoms with Crippen molar-refractivity contribution in [2.24, 2.45) is 0 Å². The number of hydrogen-bond acceptors (Lipinski definition) is 2. The second-order valence-corrected chi connectivity index (χ2v) is 3.24. The smallest absolute Gasteiger partial charge is 0.407 e. The lowest BCUT2D eigenvalue weighted by molar-refractivity contribution is 0.161. The summed E-state index contributed by atoms with van der Waals surface area (Å²) >= 11 is 5.80. The normalized spacial score (nSPS) is 10.3. The van der Waals surface area contributed by atoms with Gasteiger partial charge in [0.2, 0.25) is 0 Å². The number of halogens is 1. The van der Waals surface area contributed by atoms with Gasteiger partial charge >= 0.3 is 6.09 Å². The lowest BCUT2D eigenvalue weighted by Gasteiger charge is -1.99.